The van der Waals surface area contributed by atoms with E-state index in [0.29, 0.717) is 0 Å². The Kier molecular flexibility index (Phi) is 10.6. The molecule has 0 N–H and O–H groups in total. The van der Waals surface area contributed by atoms with E-state index in [9.17, 15) is 0 Å². The van der Waals surface area contributed by atoms with E-state index >= 15 is 0 Å². The van der Waals surface area contributed by atoms with Crippen LogP contribution in [0, 0.1) is 0 Å². The topological polar surface area (TPSA) is 9.23 Å². The molecule has 0 aromatic heterocycles. The Morgan fingerprint density at radius 1 is 0.789 bits per heavy atom. The Morgan fingerprint density at radius 2 is 1.37 bits per heavy atom. The lowest BCUT2D eigenvalue weighted by molar-refractivity contribution is 0.302. The summed E-state index contributed by atoms with van der Waals surface area (Å²) >= 11 is 6.96. The van der Waals surface area contributed by atoms with Crippen LogP contribution in [0.1, 0.15) is 51.4 Å². The van der Waals surface area contributed by atoms with E-state index in [1.165, 1.54) is 44.9 Å². The number of ether oxygens (including phenoxy) is 1. The second kappa shape index (κ2) is 11.8. The maximum Gasteiger partial charge on any atom is 0.133 e. The van der Waals surface area contributed by atoms with Gasteiger partial charge in [0.25, 0.3) is 0 Å². The molecule has 0 bridgehead atoms. The van der Waals surface area contributed by atoms with Crippen molar-refractivity contribution in [2.75, 3.05) is 11.9 Å². The summed E-state index contributed by atoms with van der Waals surface area (Å²) in [6, 6.07) is 8.04. The SMILES string of the molecule is BrCCCCCCCCCCOc1ccccc1Br. The molecule has 0 atom stereocenters. The summed E-state index contributed by atoms with van der Waals surface area (Å²) in [5.74, 6) is 0.956. The predicted octanol–water partition coefficient (Wildman–Crippen LogP) is 6.34. The summed E-state index contributed by atoms with van der Waals surface area (Å²) in [5.41, 5.74) is 0. The van der Waals surface area contributed by atoms with Gasteiger partial charge in [0, 0.05) is 5.33 Å². The maximum atomic E-state index is 5.74. The number of alkyl halides is 1. The van der Waals surface area contributed by atoms with Gasteiger partial charge in [0.05, 0.1) is 11.1 Å². The minimum Gasteiger partial charge on any atom is -0.492 e. The highest BCUT2D eigenvalue weighted by atomic mass is 79.9. The van der Waals surface area contributed by atoms with Crippen LogP contribution in [0.4, 0.5) is 0 Å². The Labute approximate surface area is 134 Å². The summed E-state index contributed by atoms with van der Waals surface area (Å²) in [7, 11) is 0. The van der Waals surface area contributed by atoms with Crippen molar-refractivity contribution in [3.8, 4) is 5.75 Å². The van der Waals surface area contributed by atoms with Gasteiger partial charge in [-0.05, 0) is 40.9 Å². The van der Waals surface area contributed by atoms with Crippen molar-refractivity contribution in [3.63, 3.8) is 0 Å². The first-order chi connectivity index (χ1) is 9.34. The van der Waals surface area contributed by atoms with E-state index < -0.39 is 0 Å². The van der Waals surface area contributed by atoms with Gasteiger partial charge < -0.3 is 4.74 Å². The molecule has 1 nitrogen and oxygen atoms in total. The number of para-hydroxylation sites is 1. The van der Waals surface area contributed by atoms with Crippen LogP contribution in [0.25, 0.3) is 0 Å². The quantitative estimate of drug-likeness (QED) is 0.315. The number of unbranched alkanes of at least 4 members (excludes halogenated alkanes) is 7. The van der Waals surface area contributed by atoms with E-state index in [1.54, 1.807) is 0 Å². The Hall–Kier alpha value is -0.0200. The van der Waals surface area contributed by atoms with Crippen molar-refractivity contribution in [1.29, 1.82) is 0 Å². The van der Waals surface area contributed by atoms with Gasteiger partial charge >= 0.3 is 0 Å². The van der Waals surface area contributed by atoms with Crippen molar-refractivity contribution in [1.82, 2.24) is 0 Å². The number of rotatable bonds is 11. The third-order valence-corrected chi connectivity index (χ3v) is 4.34. The van der Waals surface area contributed by atoms with E-state index in [2.05, 4.69) is 31.9 Å². The first-order valence-corrected chi connectivity index (χ1v) is 9.19. The minimum absolute atomic E-state index is 0.826. The molecule has 0 heterocycles. The molecule has 1 aromatic carbocycles. The van der Waals surface area contributed by atoms with Crippen LogP contribution in [0.2, 0.25) is 0 Å². The van der Waals surface area contributed by atoms with Crippen molar-refractivity contribution >= 4 is 31.9 Å². The Balaban J connectivity index is 1.90. The van der Waals surface area contributed by atoms with Crippen LogP contribution < -0.4 is 4.74 Å². The molecule has 0 radical (unpaired) electrons. The maximum absolute atomic E-state index is 5.74. The van der Waals surface area contributed by atoms with Gasteiger partial charge in [0.2, 0.25) is 0 Å². The van der Waals surface area contributed by atoms with Gasteiger partial charge in [-0.25, -0.2) is 0 Å². The first kappa shape index (κ1) is 17.0. The van der Waals surface area contributed by atoms with E-state index in [0.717, 1.165) is 28.6 Å². The monoisotopic (exact) mass is 390 g/mol. The van der Waals surface area contributed by atoms with Gasteiger partial charge in [0.1, 0.15) is 5.75 Å². The second-order valence-corrected chi connectivity index (χ2v) is 6.44. The molecule has 0 spiro atoms. The summed E-state index contributed by atoms with van der Waals surface area (Å²) in [4.78, 5) is 0. The molecule has 0 fully saturated rings. The smallest absolute Gasteiger partial charge is 0.133 e. The molecule has 108 valence electrons. The molecule has 0 aliphatic rings. The van der Waals surface area contributed by atoms with Crippen LogP contribution in [0.5, 0.6) is 5.75 Å². The van der Waals surface area contributed by atoms with E-state index in [1.807, 2.05) is 24.3 Å². The standard InChI is InChI=1S/C16H24Br2O/c17-13-9-5-3-1-2-4-6-10-14-19-16-12-8-7-11-15(16)18/h7-8,11-12H,1-6,9-10,13-14H2. The van der Waals surface area contributed by atoms with Gasteiger partial charge in [-0.1, -0.05) is 66.6 Å². The molecular formula is C16H24Br2O. The number of hydrogen-bond acceptors (Lipinski definition) is 1. The van der Waals surface area contributed by atoms with Crippen molar-refractivity contribution in [2.45, 2.75) is 51.4 Å². The highest BCUT2D eigenvalue weighted by molar-refractivity contribution is 9.10. The van der Waals surface area contributed by atoms with E-state index in [-0.39, 0.29) is 0 Å². The summed E-state index contributed by atoms with van der Waals surface area (Å²) < 4.78 is 6.79. The molecule has 3 heteroatoms. The molecule has 0 saturated carbocycles. The van der Waals surface area contributed by atoms with Gasteiger partial charge in [-0.3, -0.25) is 0 Å². The lowest BCUT2D eigenvalue weighted by Gasteiger charge is -2.07. The minimum atomic E-state index is 0.826. The van der Waals surface area contributed by atoms with Crippen LogP contribution in [0.3, 0.4) is 0 Å². The molecule has 0 saturated heterocycles. The fourth-order valence-electron chi connectivity index (χ4n) is 2.00. The fourth-order valence-corrected chi connectivity index (χ4v) is 2.80. The van der Waals surface area contributed by atoms with Gasteiger partial charge in [-0.2, -0.15) is 0 Å². The highest BCUT2D eigenvalue weighted by Gasteiger charge is 1.98. The third-order valence-electron chi connectivity index (χ3n) is 3.12. The zero-order valence-electron chi connectivity index (χ0n) is 11.5. The molecule has 0 aliphatic carbocycles. The normalized spacial score (nSPS) is 10.6. The van der Waals surface area contributed by atoms with Crippen molar-refractivity contribution in [2.24, 2.45) is 0 Å². The average molecular weight is 392 g/mol. The molecular weight excluding hydrogens is 368 g/mol. The third kappa shape index (κ3) is 8.69. The average Bonchev–Trinajstić information content (AvgIpc) is 2.43. The van der Waals surface area contributed by atoms with Crippen LogP contribution in [-0.2, 0) is 0 Å². The molecule has 0 amide bonds. The van der Waals surface area contributed by atoms with Gasteiger partial charge in [-0.15, -0.1) is 0 Å². The first-order valence-electron chi connectivity index (χ1n) is 7.28. The molecule has 19 heavy (non-hydrogen) atoms. The van der Waals surface area contributed by atoms with Crippen molar-refractivity contribution < 1.29 is 4.74 Å². The van der Waals surface area contributed by atoms with E-state index in [4.69, 9.17) is 4.74 Å². The zero-order chi connectivity index (χ0) is 13.8. The zero-order valence-corrected chi connectivity index (χ0v) is 14.7. The second-order valence-electron chi connectivity index (χ2n) is 4.80. The predicted molar refractivity (Wildman–Crippen MR) is 90.4 cm³/mol. The molecule has 0 aliphatic heterocycles. The highest BCUT2D eigenvalue weighted by Crippen LogP contribution is 2.23. The van der Waals surface area contributed by atoms with Crippen LogP contribution >= 0.6 is 31.9 Å². The van der Waals surface area contributed by atoms with Gasteiger partial charge in [0.15, 0.2) is 0 Å². The lowest BCUT2D eigenvalue weighted by atomic mass is 10.1. The van der Waals surface area contributed by atoms with Crippen molar-refractivity contribution in [3.05, 3.63) is 28.7 Å². The Bertz CT molecular complexity index is 328. The lowest BCUT2D eigenvalue weighted by Crippen LogP contribution is -1.97. The summed E-state index contributed by atoms with van der Waals surface area (Å²) in [5, 5.41) is 1.15. The number of halogens is 2. The fraction of sp³-hybridized carbons (Fsp3) is 0.625. The Morgan fingerprint density at radius 3 is 2.00 bits per heavy atom. The largest absolute Gasteiger partial charge is 0.492 e. The summed E-state index contributed by atoms with van der Waals surface area (Å²) in [6.45, 7) is 0.826. The summed E-state index contributed by atoms with van der Waals surface area (Å²) in [6.07, 6.45) is 10.6. The van der Waals surface area contributed by atoms with Crippen LogP contribution in [-0.4, -0.2) is 11.9 Å². The number of hydrogen-bond donors (Lipinski definition) is 0. The molecule has 0 unspecified atom stereocenters. The van der Waals surface area contributed by atoms with Crippen LogP contribution in [0.15, 0.2) is 28.7 Å². The number of benzene rings is 1. The molecule has 1 rings (SSSR count). The molecule has 1 aromatic rings.